The number of anilines is 1. The Morgan fingerprint density at radius 1 is 0.809 bits per heavy atom. The van der Waals surface area contributed by atoms with Gasteiger partial charge in [0.25, 0.3) is 5.82 Å². The van der Waals surface area contributed by atoms with Crippen LogP contribution in [-0.2, 0) is 19.5 Å². The number of ether oxygens (including phenoxy) is 4. The van der Waals surface area contributed by atoms with Crippen LogP contribution in [-0.4, -0.2) is 51.9 Å². The molecule has 47 heavy (non-hydrogen) atoms. The number of carbonyl (C=O) groups excluding carboxylic acids is 1. The van der Waals surface area contributed by atoms with Gasteiger partial charge in [0.1, 0.15) is 11.5 Å². The highest BCUT2D eigenvalue weighted by Gasteiger charge is 2.42. The standard InChI is InChI=1S/C39H42N3O5/c1-25-41(32-11-6-7-12-33(32)42(25)24-34(43)26-14-16-29(44-2)17-15-26)19-9-18-40-23-28-20-27-21-36(46-4)37(47-5)22-31(27)38(28)30-10-8-13-35(45-3)39(30)40/h6-8,10-17,21-22,28,38H,9,18-20,23-24H2,1-5H3/q+1/t28-,38-/m0/s1. The van der Waals surface area contributed by atoms with Crippen molar-refractivity contribution in [2.45, 2.75) is 38.8 Å². The third kappa shape index (κ3) is 5.35. The smallest absolute Gasteiger partial charge is 0.254 e. The van der Waals surface area contributed by atoms with Gasteiger partial charge in [-0.2, -0.15) is 0 Å². The topological polar surface area (TPSA) is 66.0 Å². The molecule has 0 fully saturated rings. The van der Waals surface area contributed by atoms with Crippen LogP contribution in [0.15, 0.2) is 78.9 Å². The number of fused-ring (bicyclic) bond motifs is 6. The summed E-state index contributed by atoms with van der Waals surface area (Å²) in [6.45, 7) is 5.06. The van der Waals surface area contributed by atoms with Gasteiger partial charge in [-0.1, -0.05) is 24.3 Å². The maximum Gasteiger partial charge on any atom is 0.254 e. The summed E-state index contributed by atoms with van der Waals surface area (Å²) in [5.41, 5.74) is 8.03. The summed E-state index contributed by atoms with van der Waals surface area (Å²) < 4.78 is 27.1. The molecule has 1 aliphatic carbocycles. The van der Waals surface area contributed by atoms with Gasteiger partial charge < -0.3 is 23.8 Å². The second kappa shape index (κ2) is 12.7. The van der Waals surface area contributed by atoms with Gasteiger partial charge in [0, 0.05) is 37.9 Å². The van der Waals surface area contributed by atoms with Crippen LogP contribution in [0.1, 0.15) is 45.2 Å². The van der Waals surface area contributed by atoms with Gasteiger partial charge in [-0.25, -0.2) is 9.13 Å². The van der Waals surface area contributed by atoms with Crippen LogP contribution < -0.4 is 28.4 Å². The van der Waals surface area contributed by atoms with Crippen molar-refractivity contribution in [3.8, 4) is 23.0 Å². The minimum absolute atomic E-state index is 0.0722. The van der Waals surface area contributed by atoms with Gasteiger partial charge in [0.2, 0.25) is 5.78 Å². The molecule has 2 atom stereocenters. The number of ketones is 1. The van der Waals surface area contributed by atoms with E-state index >= 15 is 0 Å². The van der Waals surface area contributed by atoms with Crippen LogP contribution in [0.25, 0.3) is 11.0 Å². The van der Waals surface area contributed by atoms with E-state index in [0.29, 0.717) is 11.5 Å². The second-order valence-electron chi connectivity index (χ2n) is 12.5. The first-order valence-corrected chi connectivity index (χ1v) is 16.3. The van der Waals surface area contributed by atoms with Crippen molar-refractivity contribution in [2.24, 2.45) is 5.92 Å². The Morgan fingerprint density at radius 3 is 2.30 bits per heavy atom. The number of para-hydroxylation sites is 3. The molecule has 0 saturated heterocycles. The number of aryl methyl sites for hydroxylation is 1. The molecule has 0 radical (unpaired) electrons. The van der Waals surface area contributed by atoms with E-state index in [-0.39, 0.29) is 18.2 Å². The van der Waals surface area contributed by atoms with Crippen molar-refractivity contribution in [1.82, 2.24) is 4.57 Å². The predicted octanol–water partition coefficient (Wildman–Crippen LogP) is 6.37. The summed E-state index contributed by atoms with van der Waals surface area (Å²) in [4.78, 5) is 15.9. The van der Waals surface area contributed by atoms with E-state index in [1.165, 1.54) is 22.4 Å². The molecule has 0 bridgehead atoms. The number of rotatable bonds is 11. The van der Waals surface area contributed by atoms with Gasteiger partial charge in [0.05, 0.1) is 40.7 Å². The number of hydrogen-bond donors (Lipinski definition) is 0. The van der Waals surface area contributed by atoms with Gasteiger partial charge in [-0.3, -0.25) is 4.79 Å². The molecule has 0 unspecified atom stereocenters. The van der Waals surface area contributed by atoms with Gasteiger partial charge in [-0.05, 0) is 83.6 Å². The molecule has 0 saturated carbocycles. The molecule has 4 aromatic carbocycles. The molecule has 2 aliphatic rings. The molecule has 0 N–H and O–H groups in total. The lowest BCUT2D eigenvalue weighted by Gasteiger charge is -2.39. The number of aromatic nitrogens is 2. The van der Waals surface area contributed by atoms with Crippen molar-refractivity contribution in [2.75, 3.05) is 46.4 Å². The normalized spacial score (nSPS) is 16.4. The lowest BCUT2D eigenvalue weighted by atomic mass is 9.81. The van der Waals surface area contributed by atoms with Crippen molar-refractivity contribution in [1.29, 1.82) is 0 Å². The fourth-order valence-electron chi connectivity index (χ4n) is 7.85. The summed E-state index contributed by atoms with van der Waals surface area (Å²) >= 11 is 0. The Hall–Kier alpha value is -4.98. The van der Waals surface area contributed by atoms with Gasteiger partial charge >= 0.3 is 0 Å². The van der Waals surface area contributed by atoms with E-state index in [2.05, 4.69) is 69.5 Å². The minimum atomic E-state index is 0.0722. The van der Waals surface area contributed by atoms with Crippen LogP contribution in [0, 0.1) is 12.8 Å². The largest absolute Gasteiger partial charge is 0.497 e. The Bertz CT molecular complexity index is 1950. The molecular formula is C39H42N3O5+. The summed E-state index contributed by atoms with van der Waals surface area (Å²) in [5.74, 6) is 5.07. The third-order valence-electron chi connectivity index (χ3n) is 10.1. The number of imidazole rings is 1. The maximum atomic E-state index is 13.4. The molecule has 5 aromatic rings. The van der Waals surface area contributed by atoms with E-state index in [0.717, 1.165) is 72.3 Å². The molecule has 1 aliphatic heterocycles. The van der Waals surface area contributed by atoms with Gasteiger partial charge in [-0.15, -0.1) is 0 Å². The molecule has 0 amide bonds. The number of nitrogens with zero attached hydrogens (tertiary/aromatic N) is 3. The number of Topliss-reactive ketones (excluding diaryl/α,β-unsaturated/α-hetero) is 1. The monoisotopic (exact) mass is 632 g/mol. The van der Waals surface area contributed by atoms with E-state index in [4.69, 9.17) is 18.9 Å². The summed E-state index contributed by atoms with van der Waals surface area (Å²) in [6.07, 6.45) is 1.94. The fraction of sp³-hybridized carbons (Fsp3) is 0.333. The minimum Gasteiger partial charge on any atom is -0.497 e. The quantitative estimate of drug-likeness (QED) is 0.125. The highest BCUT2D eigenvalue weighted by Crippen LogP contribution is 2.53. The Kier molecular flexibility index (Phi) is 8.26. The van der Waals surface area contributed by atoms with Crippen LogP contribution in [0.2, 0.25) is 0 Å². The average Bonchev–Trinajstić information content (AvgIpc) is 3.60. The summed E-state index contributed by atoms with van der Waals surface area (Å²) in [7, 11) is 6.79. The first kappa shape index (κ1) is 30.7. The maximum absolute atomic E-state index is 13.4. The molecule has 8 heteroatoms. The highest BCUT2D eigenvalue weighted by molar-refractivity contribution is 5.95. The molecule has 0 spiro atoms. The van der Waals surface area contributed by atoms with Crippen LogP contribution in [0.4, 0.5) is 5.69 Å². The van der Waals surface area contributed by atoms with E-state index in [9.17, 15) is 4.79 Å². The van der Waals surface area contributed by atoms with Crippen molar-refractivity contribution < 1.29 is 28.3 Å². The number of carbonyl (C=O) groups is 1. The molecule has 242 valence electrons. The zero-order valence-corrected chi connectivity index (χ0v) is 27.8. The zero-order valence-electron chi connectivity index (χ0n) is 27.8. The highest BCUT2D eigenvalue weighted by atomic mass is 16.5. The van der Waals surface area contributed by atoms with Crippen LogP contribution in [0.3, 0.4) is 0 Å². The summed E-state index contributed by atoms with van der Waals surface area (Å²) in [5, 5.41) is 0. The Labute approximate surface area is 276 Å². The summed E-state index contributed by atoms with van der Waals surface area (Å²) in [6, 6.07) is 26.5. The lowest BCUT2D eigenvalue weighted by Crippen LogP contribution is -2.40. The SMILES string of the molecule is COc1ccc(C(=O)C[n+]2c(C)n(CCCN3C[C@@H]4Cc5cc(OC)c(OC)cc5[C@@H]4c4cccc(OC)c43)c3ccccc32)cc1. The van der Waals surface area contributed by atoms with E-state index in [1.54, 1.807) is 28.4 Å². The van der Waals surface area contributed by atoms with E-state index < -0.39 is 0 Å². The number of benzene rings is 4. The number of hydrogen-bond acceptors (Lipinski definition) is 6. The predicted molar refractivity (Wildman–Crippen MR) is 183 cm³/mol. The van der Waals surface area contributed by atoms with Crippen molar-refractivity contribution in [3.63, 3.8) is 0 Å². The first-order chi connectivity index (χ1) is 22.9. The Balaban J connectivity index is 1.14. The zero-order chi connectivity index (χ0) is 32.7. The molecule has 7 rings (SSSR count). The Morgan fingerprint density at radius 2 is 1.55 bits per heavy atom. The van der Waals surface area contributed by atoms with Crippen LogP contribution in [0.5, 0.6) is 23.0 Å². The van der Waals surface area contributed by atoms with Crippen molar-refractivity contribution >= 4 is 22.5 Å². The first-order valence-electron chi connectivity index (χ1n) is 16.3. The molecular weight excluding hydrogens is 590 g/mol. The second-order valence-corrected chi connectivity index (χ2v) is 12.5. The number of methoxy groups -OCH3 is 4. The lowest BCUT2D eigenvalue weighted by molar-refractivity contribution is -0.664. The van der Waals surface area contributed by atoms with E-state index in [1.807, 2.05) is 30.3 Å². The van der Waals surface area contributed by atoms with Gasteiger partial charge in [0.15, 0.2) is 29.1 Å². The van der Waals surface area contributed by atoms with Crippen molar-refractivity contribution in [3.05, 3.63) is 107 Å². The average molecular weight is 633 g/mol. The third-order valence-corrected chi connectivity index (χ3v) is 10.1. The molecule has 2 heterocycles. The molecule has 8 nitrogen and oxygen atoms in total. The molecule has 1 aromatic heterocycles. The fourth-order valence-corrected chi connectivity index (χ4v) is 7.85. The van der Waals surface area contributed by atoms with Crippen LogP contribution >= 0.6 is 0 Å².